The number of azo groups is 1. The molecule has 1 unspecified atom stereocenters. The van der Waals surface area contributed by atoms with E-state index in [1.807, 2.05) is 12.1 Å². The van der Waals surface area contributed by atoms with E-state index in [0.29, 0.717) is 12.4 Å². The topological polar surface area (TPSA) is 143 Å². The molecule has 2 aromatic carbocycles. The Morgan fingerprint density at radius 3 is 2.55 bits per heavy atom. The van der Waals surface area contributed by atoms with Crippen molar-refractivity contribution in [3.05, 3.63) is 85.7 Å². The van der Waals surface area contributed by atoms with Gasteiger partial charge in [-0.25, -0.2) is 0 Å². The van der Waals surface area contributed by atoms with E-state index in [2.05, 4.69) is 10.2 Å². The van der Waals surface area contributed by atoms with E-state index in [1.165, 1.54) is 25.1 Å². The number of ether oxygens (including phenoxy) is 1. The highest BCUT2D eigenvalue weighted by Crippen LogP contribution is 2.34. The SMILES string of the molecule is CCOc1ccc(N=Nc2c(C)c(C#N)c(O)n(C(C)c3ccccc3)c2=O)c([N+](=O)[O-])c1. The zero-order chi connectivity index (χ0) is 24.1. The number of pyridine rings is 1. The number of hydrogen-bond donors (Lipinski definition) is 1. The highest BCUT2D eigenvalue weighted by molar-refractivity contribution is 5.61. The fourth-order valence-corrected chi connectivity index (χ4v) is 3.36. The van der Waals surface area contributed by atoms with Crippen molar-refractivity contribution in [2.75, 3.05) is 6.61 Å². The van der Waals surface area contributed by atoms with Gasteiger partial charge in [0.2, 0.25) is 5.88 Å². The number of hydrogen-bond acceptors (Lipinski definition) is 8. The second-order valence-electron chi connectivity index (χ2n) is 7.09. The first-order valence-corrected chi connectivity index (χ1v) is 10.1. The Morgan fingerprint density at radius 1 is 1.24 bits per heavy atom. The fraction of sp³-hybridized carbons (Fsp3) is 0.217. The van der Waals surface area contributed by atoms with Crippen LogP contribution in [0.25, 0.3) is 0 Å². The van der Waals surface area contributed by atoms with E-state index in [9.17, 15) is 25.3 Å². The summed E-state index contributed by atoms with van der Waals surface area (Å²) in [6.45, 7) is 5.24. The van der Waals surface area contributed by atoms with Crippen LogP contribution in [0.15, 0.2) is 63.6 Å². The number of nitro groups is 1. The van der Waals surface area contributed by atoms with Crippen LogP contribution in [0.3, 0.4) is 0 Å². The highest BCUT2D eigenvalue weighted by Gasteiger charge is 2.23. The maximum atomic E-state index is 13.3. The molecule has 0 aliphatic carbocycles. The van der Waals surface area contributed by atoms with E-state index in [-0.39, 0.29) is 28.2 Å². The van der Waals surface area contributed by atoms with Gasteiger partial charge < -0.3 is 9.84 Å². The van der Waals surface area contributed by atoms with Crippen LogP contribution in [-0.2, 0) is 0 Å². The van der Waals surface area contributed by atoms with Gasteiger partial charge in [0.1, 0.15) is 17.4 Å². The summed E-state index contributed by atoms with van der Waals surface area (Å²) in [5.74, 6) is -0.183. The molecule has 10 heteroatoms. The van der Waals surface area contributed by atoms with Gasteiger partial charge in [0.25, 0.3) is 11.2 Å². The number of benzene rings is 2. The van der Waals surface area contributed by atoms with Gasteiger partial charge in [0.15, 0.2) is 11.4 Å². The molecule has 0 saturated heterocycles. The third-order valence-corrected chi connectivity index (χ3v) is 5.10. The second kappa shape index (κ2) is 9.74. The molecule has 10 nitrogen and oxygen atoms in total. The lowest BCUT2D eigenvalue weighted by molar-refractivity contribution is -0.384. The van der Waals surface area contributed by atoms with E-state index >= 15 is 0 Å². The summed E-state index contributed by atoms with van der Waals surface area (Å²) in [6.07, 6.45) is 0. The molecule has 0 saturated carbocycles. The van der Waals surface area contributed by atoms with Crippen molar-refractivity contribution in [3.8, 4) is 17.7 Å². The Bertz CT molecular complexity index is 1330. The molecule has 0 radical (unpaired) electrons. The van der Waals surface area contributed by atoms with Crippen molar-refractivity contribution in [1.29, 1.82) is 5.26 Å². The Kier molecular flexibility index (Phi) is 6.83. The lowest BCUT2D eigenvalue weighted by Crippen LogP contribution is -2.25. The third-order valence-electron chi connectivity index (χ3n) is 5.10. The van der Waals surface area contributed by atoms with Gasteiger partial charge in [-0.15, -0.1) is 10.2 Å². The minimum Gasteiger partial charge on any atom is -0.494 e. The zero-order valence-electron chi connectivity index (χ0n) is 18.2. The van der Waals surface area contributed by atoms with Crippen molar-refractivity contribution in [3.63, 3.8) is 0 Å². The first-order chi connectivity index (χ1) is 15.8. The van der Waals surface area contributed by atoms with Crippen LogP contribution in [0.5, 0.6) is 11.6 Å². The predicted octanol–water partition coefficient (Wildman–Crippen LogP) is 5.07. The molecule has 0 bridgehead atoms. The van der Waals surface area contributed by atoms with Gasteiger partial charge in [-0.1, -0.05) is 30.3 Å². The van der Waals surface area contributed by atoms with Gasteiger partial charge in [0, 0.05) is 5.56 Å². The fourth-order valence-electron chi connectivity index (χ4n) is 3.36. The molecule has 1 N–H and O–H groups in total. The molecule has 0 spiro atoms. The van der Waals surface area contributed by atoms with E-state index in [0.717, 1.165) is 10.1 Å². The standard InChI is InChI=1S/C23H21N5O5/c1-4-33-17-10-11-19(20(12-17)28(31)32)25-26-21-14(2)18(13-24)22(29)27(23(21)30)15(3)16-8-6-5-7-9-16/h5-12,15,29H,4H2,1-3H3. The molecule has 33 heavy (non-hydrogen) atoms. The zero-order valence-corrected chi connectivity index (χ0v) is 18.2. The van der Waals surface area contributed by atoms with Crippen molar-refractivity contribution < 1.29 is 14.8 Å². The molecular formula is C23H21N5O5. The van der Waals surface area contributed by atoms with Crippen LogP contribution in [0.1, 0.15) is 36.6 Å². The van der Waals surface area contributed by atoms with Crippen molar-refractivity contribution >= 4 is 17.1 Å². The van der Waals surface area contributed by atoms with E-state index < -0.39 is 22.4 Å². The lowest BCUT2D eigenvalue weighted by atomic mass is 10.1. The van der Waals surface area contributed by atoms with Gasteiger partial charge in [-0.3, -0.25) is 19.5 Å². The van der Waals surface area contributed by atoms with Gasteiger partial charge in [-0.2, -0.15) is 5.26 Å². The van der Waals surface area contributed by atoms with Crippen LogP contribution in [0.4, 0.5) is 17.1 Å². The van der Waals surface area contributed by atoms with Crippen molar-refractivity contribution in [2.24, 2.45) is 10.2 Å². The Labute approximate surface area is 189 Å². The molecule has 1 heterocycles. The molecule has 3 rings (SSSR count). The summed E-state index contributed by atoms with van der Waals surface area (Å²) < 4.78 is 6.34. The minimum atomic E-state index is -0.683. The first kappa shape index (κ1) is 23.1. The smallest absolute Gasteiger partial charge is 0.300 e. The summed E-state index contributed by atoms with van der Waals surface area (Å²) >= 11 is 0. The number of aromatic hydroxyl groups is 1. The van der Waals surface area contributed by atoms with Crippen molar-refractivity contribution in [1.82, 2.24) is 4.57 Å². The summed E-state index contributed by atoms with van der Waals surface area (Å²) in [4.78, 5) is 24.1. The maximum absolute atomic E-state index is 13.3. The van der Waals surface area contributed by atoms with Crippen LogP contribution in [-0.4, -0.2) is 21.2 Å². The Hall–Kier alpha value is -4.52. The predicted molar refractivity (Wildman–Crippen MR) is 121 cm³/mol. The summed E-state index contributed by atoms with van der Waals surface area (Å²) in [7, 11) is 0. The molecular weight excluding hydrogens is 426 g/mol. The molecule has 0 aliphatic rings. The van der Waals surface area contributed by atoms with Crippen LogP contribution < -0.4 is 10.3 Å². The normalized spacial score (nSPS) is 11.8. The number of rotatable bonds is 7. The van der Waals surface area contributed by atoms with Gasteiger partial charge in [0.05, 0.1) is 23.6 Å². The monoisotopic (exact) mass is 447 g/mol. The van der Waals surface area contributed by atoms with E-state index in [4.69, 9.17) is 4.74 Å². The molecule has 3 aromatic rings. The molecule has 0 fully saturated rings. The number of aromatic nitrogens is 1. The Balaban J connectivity index is 2.17. The number of nitrogens with zero attached hydrogens (tertiary/aromatic N) is 5. The summed E-state index contributed by atoms with van der Waals surface area (Å²) in [5, 5.41) is 39.6. The molecule has 1 atom stereocenters. The molecule has 0 amide bonds. The van der Waals surface area contributed by atoms with Gasteiger partial charge >= 0.3 is 0 Å². The maximum Gasteiger partial charge on any atom is 0.300 e. The number of nitro benzene ring substituents is 1. The largest absolute Gasteiger partial charge is 0.494 e. The second-order valence-corrected chi connectivity index (χ2v) is 7.09. The summed E-state index contributed by atoms with van der Waals surface area (Å²) in [5.41, 5.74) is -0.599. The molecule has 0 aliphatic heterocycles. The van der Waals surface area contributed by atoms with Crippen LogP contribution >= 0.6 is 0 Å². The van der Waals surface area contributed by atoms with Gasteiger partial charge in [-0.05, 0) is 38.5 Å². The minimum absolute atomic E-state index is 0.0866. The van der Waals surface area contributed by atoms with E-state index in [1.54, 1.807) is 38.1 Å². The Morgan fingerprint density at radius 2 is 1.94 bits per heavy atom. The summed E-state index contributed by atoms with van der Waals surface area (Å²) in [6, 6.07) is 14.3. The van der Waals surface area contributed by atoms with Crippen molar-refractivity contribution in [2.45, 2.75) is 26.8 Å². The average molecular weight is 447 g/mol. The average Bonchev–Trinajstić information content (AvgIpc) is 2.80. The third kappa shape index (κ3) is 4.57. The highest BCUT2D eigenvalue weighted by atomic mass is 16.6. The number of nitriles is 1. The molecule has 168 valence electrons. The first-order valence-electron chi connectivity index (χ1n) is 10.1. The van der Waals surface area contributed by atoms with Crippen LogP contribution in [0.2, 0.25) is 0 Å². The van der Waals surface area contributed by atoms with Crippen LogP contribution in [0, 0.1) is 28.4 Å². The lowest BCUT2D eigenvalue weighted by Gasteiger charge is -2.19. The quantitative estimate of drug-likeness (QED) is 0.304. The molecule has 1 aromatic heterocycles.